The summed E-state index contributed by atoms with van der Waals surface area (Å²) in [4.78, 5) is 27.2. The van der Waals surface area contributed by atoms with E-state index in [9.17, 15) is 14.9 Å². The van der Waals surface area contributed by atoms with Crippen molar-refractivity contribution in [2.24, 2.45) is 0 Å². The molecule has 4 aromatic rings. The Morgan fingerprint density at radius 1 is 1.00 bits per heavy atom. The molecule has 0 aliphatic heterocycles. The maximum atomic E-state index is 12.5. The first kappa shape index (κ1) is 20.2. The number of aromatic nitrogens is 1. The van der Waals surface area contributed by atoms with Gasteiger partial charge in [0.25, 0.3) is 11.6 Å². The van der Waals surface area contributed by atoms with Gasteiger partial charge in [-0.3, -0.25) is 14.9 Å². The number of carbonyl (C=O) groups is 1. The van der Waals surface area contributed by atoms with Crippen molar-refractivity contribution in [1.82, 2.24) is 4.98 Å². The van der Waals surface area contributed by atoms with Crippen molar-refractivity contribution >= 4 is 63.2 Å². The van der Waals surface area contributed by atoms with Crippen molar-refractivity contribution in [3.05, 3.63) is 85.3 Å². The summed E-state index contributed by atoms with van der Waals surface area (Å²) in [6.45, 7) is 0. The minimum Gasteiger partial charge on any atom is -0.436 e. The number of hydrogen-bond donors (Lipinski definition) is 1. The SMILES string of the molecule is O=C(Nc1ccc2oc(-c3ccc(Cl)cc3Cl)nc2c1)c1ccc([N+](=O)[O-])cc1Cl. The fourth-order valence-corrected chi connectivity index (χ4v) is 3.53. The Balaban J connectivity index is 1.61. The number of non-ortho nitro benzene ring substituents is 1. The molecular weight excluding hydrogens is 453 g/mol. The molecule has 3 aromatic carbocycles. The Kier molecular flexibility index (Phi) is 5.34. The van der Waals surface area contributed by atoms with Crippen LogP contribution in [-0.4, -0.2) is 15.8 Å². The largest absolute Gasteiger partial charge is 0.436 e. The van der Waals surface area contributed by atoms with Crippen LogP contribution in [0.4, 0.5) is 11.4 Å². The number of nitro benzene ring substituents is 1. The molecule has 1 heterocycles. The lowest BCUT2D eigenvalue weighted by Crippen LogP contribution is -2.12. The quantitative estimate of drug-likeness (QED) is 0.271. The van der Waals surface area contributed by atoms with Crippen LogP contribution in [0.2, 0.25) is 15.1 Å². The molecule has 0 aliphatic carbocycles. The number of oxazole rings is 1. The van der Waals surface area contributed by atoms with Gasteiger partial charge < -0.3 is 9.73 Å². The van der Waals surface area contributed by atoms with E-state index in [0.29, 0.717) is 38.3 Å². The Morgan fingerprint density at radius 3 is 2.50 bits per heavy atom. The van der Waals surface area contributed by atoms with Crippen LogP contribution in [0.3, 0.4) is 0 Å². The molecule has 4 rings (SSSR count). The second-order valence-corrected chi connectivity index (χ2v) is 7.45. The fourth-order valence-electron chi connectivity index (χ4n) is 2.78. The van der Waals surface area contributed by atoms with Crippen molar-refractivity contribution < 1.29 is 14.1 Å². The van der Waals surface area contributed by atoms with E-state index >= 15 is 0 Å². The molecule has 10 heteroatoms. The van der Waals surface area contributed by atoms with Crippen molar-refractivity contribution in [2.75, 3.05) is 5.32 Å². The summed E-state index contributed by atoms with van der Waals surface area (Å²) < 4.78 is 5.74. The zero-order chi connectivity index (χ0) is 21.4. The van der Waals surface area contributed by atoms with E-state index in [0.717, 1.165) is 6.07 Å². The number of nitrogens with one attached hydrogen (secondary N) is 1. The first-order valence-corrected chi connectivity index (χ1v) is 9.56. The summed E-state index contributed by atoms with van der Waals surface area (Å²) in [5.41, 5.74) is 1.94. The lowest BCUT2D eigenvalue weighted by atomic mass is 10.2. The van der Waals surface area contributed by atoms with Crippen LogP contribution in [0.25, 0.3) is 22.6 Å². The third-order valence-electron chi connectivity index (χ3n) is 4.22. The molecule has 1 amide bonds. The molecule has 0 fully saturated rings. The second kappa shape index (κ2) is 7.95. The Morgan fingerprint density at radius 2 is 1.80 bits per heavy atom. The number of anilines is 1. The van der Waals surface area contributed by atoms with Gasteiger partial charge in [0.1, 0.15) is 5.52 Å². The summed E-state index contributed by atoms with van der Waals surface area (Å²) in [6.07, 6.45) is 0. The molecule has 0 radical (unpaired) electrons. The fraction of sp³-hybridized carbons (Fsp3) is 0. The van der Waals surface area contributed by atoms with Crippen LogP contribution in [0.15, 0.2) is 59.0 Å². The Hall–Kier alpha value is -3.13. The Labute approximate surface area is 184 Å². The van der Waals surface area contributed by atoms with Gasteiger partial charge in [-0.25, -0.2) is 4.98 Å². The van der Waals surface area contributed by atoms with Crippen LogP contribution >= 0.6 is 34.8 Å². The van der Waals surface area contributed by atoms with Crippen molar-refractivity contribution in [1.29, 1.82) is 0 Å². The van der Waals surface area contributed by atoms with Gasteiger partial charge in [0.2, 0.25) is 5.89 Å². The summed E-state index contributed by atoms with van der Waals surface area (Å²) in [5, 5.41) is 14.4. The van der Waals surface area contributed by atoms with Crippen LogP contribution in [0.5, 0.6) is 0 Å². The maximum absolute atomic E-state index is 12.5. The molecule has 0 unspecified atom stereocenters. The van der Waals surface area contributed by atoms with Crippen molar-refractivity contribution in [3.63, 3.8) is 0 Å². The summed E-state index contributed by atoms with van der Waals surface area (Å²) in [6, 6.07) is 13.5. The van der Waals surface area contributed by atoms with Crippen LogP contribution in [0, 0.1) is 10.1 Å². The zero-order valence-corrected chi connectivity index (χ0v) is 17.1. The molecule has 0 aliphatic rings. The number of rotatable bonds is 4. The van der Waals surface area contributed by atoms with Crippen molar-refractivity contribution in [2.45, 2.75) is 0 Å². The highest BCUT2D eigenvalue weighted by Gasteiger charge is 2.16. The number of fused-ring (bicyclic) bond motifs is 1. The minimum absolute atomic E-state index is 0.0242. The van der Waals surface area contributed by atoms with Crippen LogP contribution in [0.1, 0.15) is 10.4 Å². The third-order valence-corrected chi connectivity index (χ3v) is 5.08. The van der Waals surface area contributed by atoms with E-state index in [1.54, 1.807) is 36.4 Å². The van der Waals surface area contributed by atoms with Gasteiger partial charge >= 0.3 is 0 Å². The predicted molar refractivity (Wildman–Crippen MR) is 116 cm³/mol. The molecule has 0 bridgehead atoms. The monoisotopic (exact) mass is 461 g/mol. The number of nitrogens with zero attached hydrogens (tertiary/aromatic N) is 2. The van der Waals surface area contributed by atoms with Gasteiger partial charge in [-0.1, -0.05) is 34.8 Å². The average molecular weight is 463 g/mol. The van der Waals surface area contributed by atoms with Gasteiger partial charge in [-0.05, 0) is 42.5 Å². The van der Waals surface area contributed by atoms with Gasteiger partial charge in [-0.15, -0.1) is 0 Å². The first-order valence-electron chi connectivity index (χ1n) is 8.43. The molecule has 0 saturated heterocycles. The van der Waals surface area contributed by atoms with E-state index in [1.165, 1.54) is 12.1 Å². The smallest absolute Gasteiger partial charge is 0.270 e. The van der Waals surface area contributed by atoms with Gasteiger partial charge in [0.05, 0.1) is 26.1 Å². The number of hydrogen-bond acceptors (Lipinski definition) is 5. The Bertz CT molecular complexity index is 1320. The summed E-state index contributed by atoms with van der Waals surface area (Å²) >= 11 is 18.1. The molecule has 0 atom stereocenters. The molecule has 1 N–H and O–H groups in total. The van der Waals surface area contributed by atoms with Gasteiger partial charge in [-0.2, -0.15) is 0 Å². The molecule has 0 spiro atoms. The number of benzene rings is 3. The van der Waals surface area contributed by atoms with E-state index in [1.807, 2.05) is 0 Å². The molecule has 7 nitrogen and oxygen atoms in total. The minimum atomic E-state index is -0.587. The van der Waals surface area contributed by atoms with Gasteiger partial charge in [0, 0.05) is 22.8 Å². The van der Waals surface area contributed by atoms with Crippen LogP contribution in [-0.2, 0) is 0 Å². The molecule has 150 valence electrons. The van der Waals surface area contributed by atoms with E-state index in [-0.39, 0.29) is 16.3 Å². The number of carbonyl (C=O) groups excluding carboxylic acids is 1. The zero-order valence-electron chi connectivity index (χ0n) is 14.9. The summed E-state index contributed by atoms with van der Waals surface area (Å²) in [5.74, 6) is -0.202. The summed E-state index contributed by atoms with van der Waals surface area (Å²) in [7, 11) is 0. The maximum Gasteiger partial charge on any atom is 0.270 e. The highest BCUT2D eigenvalue weighted by Crippen LogP contribution is 2.32. The second-order valence-electron chi connectivity index (χ2n) is 6.20. The first-order chi connectivity index (χ1) is 14.3. The van der Waals surface area contributed by atoms with E-state index < -0.39 is 10.8 Å². The molecular formula is C20H10Cl3N3O4. The highest BCUT2D eigenvalue weighted by molar-refractivity contribution is 6.36. The molecule has 1 aromatic heterocycles. The van der Waals surface area contributed by atoms with Crippen LogP contribution < -0.4 is 5.32 Å². The standard InChI is InChI=1S/C20H10Cl3N3O4/c21-10-1-4-14(15(22)7-10)20-25-17-8-11(2-6-18(17)30-20)24-19(27)13-5-3-12(26(28)29)9-16(13)23/h1-9H,(H,24,27). The lowest BCUT2D eigenvalue weighted by Gasteiger charge is -2.06. The number of halogens is 3. The lowest BCUT2D eigenvalue weighted by molar-refractivity contribution is -0.384. The molecule has 30 heavy (non-hydrogen) atoms. The van der Waals surface area contributed by atoms with E-state index in [2.05, 4.69) is 10.3 Å². The number of nitro groups is 1. The normalized spacial score (nSPS) is 10.9. The predicted octanol–water partition coefficient (Wildman–Crippen LogP) is 6.62. The highest BCUT2D eigenvalue weighted by atomic mass is 35.5. The third kappa shape index (κ3) is 3.95. The molecule has 0 saturated carbocycles. The van der Waals surface area contributed by atoms with Crippen molar-refractivity contribution in [3.8, 4) is 11.5 Å². The number of amides is 1. The van der Waals surface area contributed by atoms with Gasteiger partial charge in [0.15, 0.2) is 5.58 Å². The topological polar surface area (TPSA) is 98.3 Å². The van der Waals surface area contributed by atoms with E-state index in [4.69, 9.17) is 39.2 Å². The average Bonchev–Trinajstić information content (AvgIpc) is 3.10.